The molecule has 0 radical (unpaired) electrons. The van der Waals surface area contributed by atoms with E-state index in [2.05, 4.69) is 56.3 Å². The summed E-state index contributed by atoms with van der Waals surface area (Å²) in [5.74, 6) is 2.69. The summed E-state index contributed by atoms with van der Waals surface area (Å²) in [5.41, 5.74) is 2.77. The number of hydrogen-bond donors (Lipinski definition) is 1. The van der Waals surface area contributed by atoms with Crippen molar-refractivity contribution in [3.05, 3.63) is 35.4 Å². The summed E-state index contributed by atoms with van der Waals surface area (Å²) in [4.78, 5) is 0. The molecule has 0 saturated carbocycles. The van der Waals surface area contributed by atoms with Crippen molar-refractivity contribution in [1.29, 1.82) is 0 Å². The van der Waals surface area contributed by atoms with Crippen LogP contribution < -0.4 is 5.32 Å². The quantitative estimate of drug-likeness (QED) is 0.711. The minimum absolute atomic E-state index is 0.355. The van der Waals surface area contributed by atoms with Crippen LogP contribution in [-0.2, 0) is 6.42 Å². The van der Waals surface area contributed by atoms with Gasteiger partial charge in [-0.3, -0.25) is 0 Å². The molecule has 1 aromatic carbocycles. The van der Waals surface area contributed by atoms with Gasteiger partial charge >= 0.3 is 0 Å². The van der Waals surface area contributed by atoms with Gasteiger partial charge in [-0.05, 0) is 37.8 Å². The number of aryl methyl sites for hydroxylation is 1. The van der Waals surface area contributed by atoms with Crippen LogP contribution in [0.2, 0.25) is 0 Å². The molecule has 1 rings (SSSR count). The second kappa shape index (κ2) is 7.95. The number of nitrogens with one attached hydrogen (secondary N) is 1. The molecule has 1 nitrogen and oxygen atoms in total. The lowest BCUT2D eigenvalue weighted by molar-refractivity contribution is 0.486. The van der Waals surface area contributed by atoms with Gasteiger partial charge in [0.25, 0.3) is 0 Å². The van der Waals surface area contributed by atoms with Crippen LogP contribution in [0.15, 0.2) is 24.3 Å². The van der Waals surface area contributed by atoms with Crippen LogP contribution in [0.4, 0.5) is 0 Å². The molecule has 1 heteroatoms. The highest BCUT2D eigenvalue weighted by Gasteiger charge is 2.08. The molecule has 98 valence electrons. The monoisotopic (exact) mass is 243 g/mol. The van der Waals surface area contributed by atoms with Gasteiger partial charge in [0, 0.05) is 18.5 Å². The van der Waals surface area contributed by atoms with Crippen LogP contribution in [0, 0.1) is 12.3 Å². The first-order chi connectivity index (χ1) is 8.67. The molecule has 0 amide bonds. The van der Waals surface area contributed by atoms with Gasteiger partial charge in [-0.15, -0.1) is 12.3 Å². The van der Waals surface area contributed by atoms with Crippen molar-refractivity contribution in [2.24, 2.45) is 0 Å². The van der Waals surface area contributed by atoms with Gasteiger partial charge in [0.15, 0.2) is 0 Å². The first-order valence-corrected chi connectivity index (χ1v) is 6.95. The topological polar surface area (TPSA) is 12.0 Å². The molecule has 2 unspecified atom stereocenters. The highest BCUT2D eigenvalue weighted by Crippen LogP contribution is 2.15. The van der Waals surface area contributed by atoms with Crippen LogP contribution in [0.3, 0.4) is 0 Å². The molecule has 0 heterocycles. The lowest BCUT2D eigenvalue weighted by atomic mass is 10.0. The Labute approximate surface area is 112 Å². The summed E-state index contributed by atoms with van der Waals surface area (Å²) in [6.07, 6.45) is 9.81. The van der Waals surface area contributed by atoms with Crippen LogP contribution in [0.1, 0.15) is 57.2 Å². The summed E-state index contributed by atoms with van der Waals surface area (Å²) in [7, 11) is 0. The highest BCUT2D eigenvalue weighted by atomic mass is 14.9. The second-order valence-corrected chi connectivity index (χ2v) is 5.04. The number of hydrogen-bond acceptors (Lipinski definition) is 1. The standard InChI is InChI=1S/C17H25N/c1-5-7-9-16-10-12-17(13-11-16)15(4)18-14(3)8-6-2/h2,10-15,18H,5,7-9H2,1,3-4H3. The lowest BCUT2D eigenvalue weighted by Crippen LogP contribution is -2.28. The predicted molar refractivity (Wildman–Crippen MR) is 79.5 cm³/mol. The Balaban J connectivity index is 2.53. The maximum Gasteiger partial charge on any atom is 0.0294 e. The van der Waals surface area contributed by atoms with E-state index in [9.17, 15) is 0 Å². The van der Waals surface area contributed by atoms with E-state index in [1.54, 1.807) is 0 Å². The number of unbranched alkanes of at least 4 members (excludes halogenated alkanes) is 1. The average molecular weight is 243 g/mol. The normalized spacial score (nSPS) is 13.9. The predicted octanol–water partition coefficient (Wildman–Crippen LogP) is 4.09. The summed E-state index contributed by atoms with van der Waals surface area (Å²) < 4.78 is 0. The molecule has 2 atom stereocenters. The fraction of sp³-hybridized carbons (Fsp3) is 0.529. The van der Waals surface area contributed by atoms with Gasteiger partial charge in [0.05, 0.1) is 0 Å². The summed E-state index contributed by atoms with van der Waals surface area (Å²) in [5, 5.41) is 3.52. The third-order valence-corrected chi connectivity index (χ3v) is 3.26. The molecule has 1 aromatic rings. The Morgan fingerprint density at radius 3 is 2.44 bits per heavy atom. The van der Waals surface area contributed by atoms with Crippen molar-refractivity contribution in [2.45, 2.75) is 58.5 Å². The Bertz CT molecular complexity index is 372. The largest absolute Gasteiger partial charge is 0.307 e. The van der Waals surface area contributed by atoms with Gasteiger partial charge in [-0.25, -0.2) is 0 Å². The van der Waals surface area contributed by atoms with Crippen LogP contribution in [0.5, 0.6) is 0 Å². The van der Waals surface area contributed by atoms with E-state index < -0.39 is 0 Å². The van der Waals surface area contributed by atoms with E-state index in [-0.39, 0.29) is 0 Å². The van der Waals surface area contributed by atoms with Gasteiger partial charge in [-0.1, -0.05) is 37.6 Å². The smallest absolute Gasteiger partial charge is 0.0294 e. The Hall–Kier alpha value is -1.26. The molecule has 0 aliphatic carbocycles. The number of benzene rings is 1. The van der Waals surface area contributed by atoms with Crippen molar-refractivity contribution in [3.63, 3.8) is 0 Å². The zero-order valence-electron chi connectivity index (χ0n) is 11.9. The number of rotatable bonds is 7. The van der Waals surface area contributed by atoms with Gasteiger partial charge in [-0.2, -0.15) is 0 Å². The van der Waals surface area contributed by atoms with Crippen LogP contribution in [-0.4, -0.2) is 6.04 Å². The third kappa shape index (κ3) is 4.94. The molecule has 0 aromatic heterocycles. The van der Waals surface area contributed by atoms with E-state index in [1.807, 2.05) is 0 Å². The average Bonchev–Trinajstić information content (AvgIpc) is 2.37. The molecular weight excluding hydrogens is 218 g/mol. The fourth-order valence-electron chi connectivity index (χ4n) is 2.11. The molecular formula is C17H25N. The SMILES string of the molecule is C#CCC(C)NC(C)c1ccc(CCCC)cc1. The molecule has 0 saturated heterocycles. The Morgan fingerprint density at radius 1 is 1.22 bits per heavy atom. The third-order valence-electron chi connectivity index (χ3n) is 3.26. The Kier molecular flexibility index (Phi) is 6.54. The summed E-state index contributed by atoms with van der Waals surface area (Å²) in [6, 6.07) is 9.67. The van der Waals surface area contributed by atoms with E-state index in [1.165, 1.54) is 30.4 Å². The molecule has 0 aliphatic rings. The van der Waals surface area contributed by atoms with E-state index >= 15 is 0 Å². The molecule has 0 bridgehead atoms. The lowest BCUT2D eigenvalue weighted by Gasteiger charge is -2.19. The van der Waals surface area contributed by atoms with Crippen LogP contribution >= 0.6 is 0 Å². The zero-order valence-corrected chi connectivity index (χ0v) is 11.9. The first kappa shape index (κ1) is 14.8. The van der Waals surface area contributed by atoms with Crippen molar-refractivity contribution in [1.82, 2.24) is 5.32 Å². The van der Waals surface area contributed by atoms with E-state index in [0.717, 1.165) is 6.42 Å². The minimum atomic E-state index is 0.355. The maximum atomic E-state index is 5.32. The highest BCUT2D eigenvalue weighted by molar-refractivity contribution is 5.25. The molecule has 1 N–H and O–H groups in total. The van der Waals surface area contributed by atoms with Crippen LogP contribution in [0.25, 0.3) is 0 Å². The van der Waals surface area contributed by atoms with Gasteiger partial charge in [0.1, 0.15) is 0 Å². The van der Waals surface area contributed by atoms with E-state index in [4.69, 9.17) is 6.42 Å². The van der Waals surface area contributed by atoms with Gasteiger partial charge in [0.2, 0.25) is 0 Å². The Morgan fingerprint density at radius 2 is 1.89 bits per heavy atom. The van der Waals surface area contributed by atoms with Crippen molar-refractivity contribution >= 4 is 0 Å². The fourth-order valence-corrected chi connectivity index (χ4v) is 2.11. The summed E-state index contributed by atoms with van der Waals surface area (Å²) >= 11 is 0. The van der Waals surface area contributed by atoms with E-state index in [0.29, 0.717) is 12.1 Å². The first-order valence-electron chi connectivity index (χ1n) is 6.95. The van der Waals surface area contributed by atoms with Crippen molar-refractivity contribution in [3.8, 4) is 12.3 Å². The van der Waals surface area contributed by atoms with Crippen molar-refractivity contribution < 1.29 is 0 Å². The molecule has 0 spiro atoms. The maximum absolute atomic E-state index is 5.32. The molecule has 18 heavy (non-hydrogen) atoms. The summed E-state index contributed by atoms with van der Waals surface area (Å²) in [6.45, 7) is 6.55. The minimum Gasteiger partial charge on any atom is -0.307 e. The zero-order chi connectivity index (χ0) is 13.4. The molecule has 0 aliphatic heterocycles. The number of terminal acetylenes is 1. The van der Waals surface area contributed by atoms with Gasteiger partial charge < -0.3 is 5.32 Å². The molecule has 0 fully saturated rings. The van der Waals surface area contributed by atoms with Crippen molar-refractivity contribution in [2.75, 3.05) is 0 Å². The second-order valence-electron chi connectivity index (χ2n) is 5.04.